The Morgan fingerprint density at radius 1 is 0.800 bits per heavy atom. The van der Waals surface area contributed by atoms with Crippen molar-refractivity contribution in [3.05, 3.63) is 39.3 Å². The van der Waals surface area contributed by atoms with Gasteiger partial charge >= 0.3 is 0 Å². The van der Waals surface area contributed by atoms with Crippen LogP contribution in [0.4, 0.5) is 0 Å². The van der Waals surface area contributed by atoms with Crippen LogP contribution in [0.25, 0.3) is 0 Å². The molecule has 4 heterocycles. The number of rotatable bonds is 5. The van der Waals surface area contributed by atoms with Gasteiger partial charge in [0, 0.05) is 51.8 Å². The lowest BCUT2D eigenvalue weighted by molar-refractivity contribution is 0.119. The summed E-state index contributed by atoms with van der Waals surface area (Å²) in [5.74, 6) is 2.30. The highest BCUT2D eigenvalue weighted by atomic mass is 16.1. The Balaban J connectivity index is 1.13. The zero-order valence-electron chi connectivity index (χ0n) is 17.9. The Morgan fingerprint density at radius 2 is 1.60 bits per heavy atom. The van der Waals surface area contributed by atoms with Crippen molar-refractivity contribution in [2.45, 2.75) is 71.0 Å². The summed E-state index contributed by atoms with van der Waals surface area (Å²) < 4.78 is 4.04. The molecular formula is C22H33N7O. The molecule has 0 spiro atoms. The Kier molecular flexibility index (Phi) is 5.95. The maximum atomic E-state index is 12.4. The first-order valence-electron chi connectivity index (χ1n) is 11.7. The van der Waals surface area contributed by atoms with Crippen LogP contribution in [0, 0.1) is 0 Å². The van der Waals surface area contributed by atoms with Crippen LogP contribution in [0.3, 0.4) is 0 Å². The van der Waals surface area contributed by atoms with E-state index in [0.29, 0.717) is 6.54 Å². The maximum Gasteiger partial charge on any atom is 0.267 e. The third kappa shape index (κ3) is 4.34. The largest absolute Gasteiger partial charge is 0.314 e. The van der Waals surface area contributed by atoms with Crippen LogP contribution in [0.5, 0.6) is 0 Å². The van der Waals surface area contributed by atoms with Crippen molar-refractivity contribution in [2.75, 3.05) is 32.7 Å². The predicted molar refractivity (Wildman–Crippen MR) is 114 cm³/mol. The molecule has 0 unspecified atom stereocenters. The fourth-order valence-corrected chi connectivity index (χ4v) is 5.03. The molecule has 30 heavy (non-hydrogen) atoms. The van der Waals surface area contributed by atoms with E-state index in [4.69, 9.17) is 0 Å². The van der Waals surface area contributed by atoms with Gasteiger partial charge in [0.1, 0.15) is 11.6 Å². The van der Waals surface area contributed by atoms with Crippen molar-refractivity contribution in [3.63, 3.8) is 0 Å². The minimum Gasteiger partial charge on any atom is -0.314 e. The van der Waals surface area contributed by atoms with Crippen molar-refractivity contribution >= 4 is 0 Å². The number of piperazine rings is 1. The van der Waals surface area contributed by atoms with Crippen molar-refractivity contribution in [1.82, 2.24) is 34.3 Å². The van der Waals surface area contributed by atoms with E-state index < -0.39 is 0 Å². The van der Waals surface area contributed by atoms with Gasteiger partial charge in [0.15, 0.2) is 0 Å². The maximum absolute atomic E-state index is 12.4. The van der Waals surface area contributed by atoms with Gasteiger partial charge in [-0.1, -0.05) is 6.42 Å². The molecule has 2 aromatic heterocycles. The molecule has 2 aromatic rings. The molecule has 0 radical (unpaired) electrons. The highest BCUT2D eigenvalue weighted by Gasteiger charge is 2.21. The molecule has 8 heteroatoms. The van der Waals surface area contributed by atoms with Gasteiger partial charge in [-0.2, -0.15) is 5.10 Å². The van der Waals surface area contributed by atoms with Crippen LogP contribution in [0.1, 0.15) is 55.0 Å². The highest BCUT2D eigenvalue weighted by Crippen LogP contribution is 2.18. The molecule has 1 fully saturated rings. The number of nitrogens with zero attached hydrogens (tertiary/aromatic N) is 7. The molecule has 0 bridgehead atoms. The SMILES string of the molecule is O=c1cc2c(nn1CCN1CCN(Cc3nnc4n3CCCCC4)CC1)CCCC2. The normalized spacial score (nSPS) is 20.5. The first kappa shape index (κ1) is 19.9. The molecule has 5 rings (SSSR count). The molecule has 1 saturated heterocycles. The van der Waals surface area contributed by atoms with Crippen LogP contribution < -0.4 is 5.56 Å². The van der Waals surface area contributed by atoms with Crippen molar-refractivity contribution in [3.8, 4) is 0 Å². The van der Waals surface area contributed by atoms with Crippen LogP contribution in [0.15, 0.2) is 10.9 Å². The number of aryl methyl sites for hydroxylation is 3. The molecule has 1 aliphatic carbocycles. The number of hydrogen-bond acceptors (Lipinski definition) is 6. The van der Waals surface area contributed by atoms with Gasteiger partial charge in [0.25, 0.3) is 5.56 Å². The average molecular weight is 412 g/mol. The minimum absolute atomic E-state index is 0.0572. The lowest BCUT2D eigenvalue weighted by Gasteiger charge is -2.34. The highest BCUT2D eigenvalue weighted by molar-refractivity contribution is 5.20. The molecule has 3 aliphatic rings. The Morgan fingerprint density at radius 3 is 2.50 bits per heavy atom. The summed E-state index contributed by atoms with van der Waals surface area (Å²) in [6.07, 6.45) is 9.23. The first-order valence-corrected chi connectivity index (χ1v) is 11.7. The zero-order chi connectivity index (χ0) is 20.3. The molecule has 0 atom stereocenters. The minimum atomic E-state index is 0.0572. The fraction of sp³-hybridized carbons (Fsp3) is 0.727. The molecule has 162 valence electrons. The second kappa shape index (κ2) is 8.98. The Hall–Kier alpha value is -2.06. The molecule has 0 N–H and O–H groups in total. The van der Waals surface area contributed by atoms with Gasteiger partial charge < -0.3 is 4.57 Å². The standard InChI is InChI=1S/C22H33N7O/c30-22-16-18-6-3-4-7-19(18)25-29(22)15-14-26-10-12-27(13-11-26)17-21-24-23-20-8-2-1-5-9-28(20)21/h16H,1-15,17H2. The molecule has 0 amide bonds. The van der Waals surface area contributed by atoms with Gasteiger partial charge in [-0.15, -0.1) is 10.2 Å². The molecule has 0 saturated carbocycles. The third-order valence-corrected chi connectivity index (χ3v) is 6.92. The van der Waals surface area contributed by atoms with Crippen LogP contribution in [-0.2, 0) is 38.9 Å². The summed E-state index contributed by atoms with van der Waals surface area (Å²) in [6.45, 7) is 7.67. The first-order chi connectivity index (χ1) is 14.8. The molecular weight excluding hydrogens is 378 g/mol. The molecule has 2 aliphatic heterocycles. The summed E-state index contributed by atoms with van der Waals surface area (Å²) in [5.41, 5.74) is 2.36. The average Bonchev–Trinajstić information content (AvgIpc) is 2.99. The summed E-state index contributed by atoms with van der Waals surface area (Å²) in [6, 6.07) is 1.82. The van der Waals surface area contributed by atoms with E-state index in [0.717, 1.165) is 76.6 Å². The van der Waals surface area contributed by atoms with Crippen LogP contribution in [0.2, 0.25) is 0 Å². The van der Waals surface area contributed by atoms with Gasteiger partial charge in [-0.05, 0) is 44.1 Å². The summed E-state index contributed by atoms with van der Waals surface area (Å²) in [5, 5.41) is 13.6. The van der Waals surface area contributed by atoms with Crippen molar-refractivity contribution in [2.24, 2.45) is 0 Å². The van der Waals surface area contributed by atoms with E-state index in [1.165, 1.54) is 43.5 Å². The van der Waals surface area contributed by atoms with Gasteiger partial charge in [-0.25, -0.2) is 4.68 Å². The van der Waals surface area contributed by atoms with Crippen LogP contribution in [-0.4, -0.2) is 67.1 Å². The second-order valence-corrected chi connectivity index (χ2v) is 9.00. The van der Waals surface area contributed by atoms with Crippen molar-refractivity contribution < 1.29 is 0 Å². The van der Waals surface area contributed by atoms with E-state index in [2.05, 4.69) is 29.7 Å². The number of hydrogen-bond donors (Lipinski definition) is 0. The van der Waals surface area contributed by atoms with Gasteiger partial charge in [-0.3, -0.25) is 14.6 Å². The monoisotopic (exact) mass is 411 g/mol. The lowest BCUT2D eigenvalue weighted by Crippen LogP contribution is -2.47. The molecule has 8 nitrogen and oxygen atoms in total. The second-order valence-electron chi connectivity index (χ2n) is 9.00. The Labute approximate surface area is 177 Å². The smallest absolute Gasteiger partial charge is 0.267 e. The number of fused-ring (bicyclic) bond motifs is 2. The van der Waals surface area contributed by atoms with Crippen molar-refractivity contribution in [1.29, 1.82) is 0 Å². The van der Waals surface area contributed by atoms with E-state index in [-0.39, 0.29) is 5.56 Å². The van der Waals surface area contributed by atoms with Gasteiger partial charge in [0.2, 0.25) is 0 Å². The Bertz CT molecular complexity index is 926. The van der Waals surface area contributed by atoms with Crippen LogP contribution >= 0.6 is 0 Å². The van der Waals surface area contributed by atoms with E-state index in [9.17, 15) is 4.79 Å². The van der Waals surface area contributed by atoms with E-state index >= 15 is 0 Å². The summed E-state index contributed by atoms with van der Waals surface area (Å²) in [7, 11) is 0. The third-order valence-electron chi connectivity index (χ3n) is 6.92. The van der Waals surface area contributed by atoms with E-state index in [1.54, 1.807) is 4.68 Å². The topological polar surface area (TPSA) is 72.1 Å². The predicted octanol–water partition coefficient (Wildman–Crippen LogP) is 1.26. The summed E-state index contributed by atoms with van der Waals surface area (Å²) in [4.78, 5) is 17.3. The zero-order valence-corrected chi connectivity index (χ0v) is 17.9. The van der Waals surface area contributed by atoms with Gasteiger partial charge in [0.05, 0.1) is 18.8 Å². The quantitative estimate of drug-likeness (QED) is 0.738. The fourth-order valence-electron chi connectivity index (χ4n) is 5.03. The summed E-state index contributed by atoms with van der Waals surface area (Å²) >= 11 is 0. The number of aromatic nitrogens is 5. The van der Waals surface area contributed by atoms with E-state index in [1.807, 2.05) is 6.07 Å². The lowest BCUT2D eigenvalue weighted by atomic mass is 9.97. The molecule has 0 aromatic carbocycles.